The number of aliphatic hydroxyl groups excluding tert-OH is 1. The number of aliphatic hydroxyl groups is 1. The topological polar surface area (TPSA) is 46.9 Å². The fraction of sp³-hybridized carbons (Fsp3) is 0.562. The summed E-state index contributed by atoms with van der Waals surface area (Å²) in [4.78, 5) is 7.97. The molecular weight excluding hydrogens is 264 g/mol. The van der Waals surface area contributed by atoms with E-state index < -0.39 is 0 Å². The first-order valence-corrected chi connectivity index (χ1v) is 8.04. The van der Waals surface area contributed by atoms with E-state index in [1.54, 1.807) is 4.90 Å². The van der Waals surface area contributed by atoms with Crippen LogP contribution in [0, 0.1) is 0 Å². The SMILES string of the molecule is CCn1c(C[NH+]2CC[NH+](CCO)CC2)nc2ccccc21. The van der Waals surface area contributed by atoms with E-state index in [-0.39, 0.29) is 0 Å². The number of quaternary nitrogens is 2. The highest BCUT2D eigenvalue weighted by atomic mass is 16.3. The molecule has 21 heavy (non-hydrogen) atoms. The molecule has 1 aliphatic heterocycles. The number of aryl methyl sites for hydroxylation is 1. The van der Waals surface area contributed by atoms with Crippen molar-refractivity contribution in [2.45, 2.75) is 20.0 Å². The van der Waals surface area contributed by atoms with Gasteiger partial charge < -0.3 is 19.5 Å². The summed E-state index contributed by atoms with van der Waals surface area (Å²) in [6.45, 7) is 10.0. The van der Waals surface area contributed by atoms with E-state index in [1.807, 2.05) is 0 Å². The fourth-order valence-electron chi connectivity index (χ4n) is 3.38. The third-order valence-electron chi connectivity index (χ3n) is 4.59. The van der Waals surface area contributed by atoms with E-state index in [0.29, 0.717) is 6.61 Å². The van der Waals surface area contributed by atoms with Gasteiger partial charge in [-0.05, 0) is 19.1 Å². The predicted octanol–water partition coefficient (Wildman–Crippen LogP) is -1.67. The number of piperazine rings is 1. The Kier molecular flexibility index (Phi) is 4.53. The zero-order valence-corrected chi connectivity index (χ0v) is 12.8. The van der Waals surface area contributed by atoms with Gasteiger partial charge in [0, 0.05) is 6.54 Å². The third-order valence-corrected chi connectivity index (χ3v) is 4.59. The maximum Gasteiger partial charge on any atom is 0.165 e. The van der Waals surface area contributed by atoms with E-state index in [9.17, 15) is 0 Å². The van der Waals surface area contributed by atoms with Crippen molar-refractivity contribution in [3.63, 3.8) is 0 Å². The number of para-hydroxylation sites is 2. The molecule has 0 atom stereocenters. The summed E-state index contributed by atoms with van der Waals surface area (Å²) < 4.78 is 2.34. The molecule has 2 aromatic rings. The normalized spacial score (nSPS) is 22.8. The Balaban J connectivity index is 1.71. The molecule has 2 heterocycles. The number of hydrogen-bond acceptors (Lipinski definition) is 2. The zero-order valence-electron chi connectivity index (χ0n) is 12.8. The number of hydrogen-bond donors (Lipinski definition) is 3. The van der Waals surface area contributed by atoms with Crippen LogP contribution in [0.25, 0.3) is 11.0 Å². The van der Waals surface area contributed by atoms with E-state index in [4.69, 9.17) is 10.1 Å². The molecule has 5 nitrogen and oxygen atoms in total. The van der Waals surface area contributed by atoms with Gasteiger partial charge in [-0.1, -0.05) is 12.1 Å². The second-order valence-electron chi connectivity index (χ2n) is 5.91. The lowest BCUT2D eigenvalue weighted by Crippen LogP contribution is -3.27. The van der Waals surface area contributed by atoms with Crippen molar-refractivity contribution < 1.29 is 14.9 Å². The van der Waals surface area contributed by atoms with E-state index in [1.165, 1.54) is 29.3 Å². The molecule has 0 spiro atoms. The summed E-state index contributed by atoms with van der Waals surface area (Å²) in [6.07, 6.45) is 0. The summed E-state index contributed by atoms with van der Waals surface area (Å²) in [5.74, 6) is 1.21. The second kappa shape index (κ2) is 6.56. The van der Waals surface area contributed by atoms with Crippen molar-refractivity contribution in [1.29, 1.82) is 0 Å². The monoisotopic (exact) mass is 290 g/mol. The van der Waals surface area contributed by atoms with Crippen LogP contribution in [0.4, 0.5) is 0 Å². The van der Waals surface area contributed by atoms with Gasteiger partial charge in [-0.25, -0.2) is 4.98 Å². The third kappa shape index (κ3) is 3.10. The van der Waals surface area contributed by atoms with Crippen LogP contribution < -0.4 is 9.80 Å². The highest BCUT2D eigenvalue weighted by molar-refractivity contribution is 5.75. The minimum atomic E-state index is 0.302. The van der Waals surface area contributed by atoms with Crippen molar-refractivity contribution in [3.05, 3.63) is 30.1 Å². The van der Waals surface area contributed by atoms with Crippen molar-refractivity contribution in [1.82, 2.24) is 9.55 Å². The maximum atomic E-state index is 9.03. The summed E-state index contributed by atoms with van der Waals surface area (Å²) >= 11 is 0. The molecule has 1 aromatic heterocycles. The van der Waals surface area contributed by atoms with Gasteiger partial charge in [0.05, 0.1) is 17.6 Å². The van der Waals surface area contributed by atoms with Crippen LogP contribution in [0.2, 0.25) is 0 Å². The fourth-order valence-corrected chi connectivity index (χ4v) is 3.38. The Morgan fingerprint density at radius 2 is 1.86 bits per heavy atom. The van der Waals surface area contributed by atoms with Gasteiger partial charge in [0.15, 0.2) is 5.82 Å². The Bertz CT molecular complexity index is 587. The lowest BCUT2D eigenvalue weighted by atomic mass is 10.3. The van der Waals surface area contributed by atoms with E-state index in [2.05, 4.69) is 35.8 Å². The first-order valence-electron chi connectivity index (χ1n) is 8.04. The Morgan fingerprint density at radius 1 is 1.14 bits per heavy atom. The summed E-state index contributed by atoms with van der Waals surface area (Å²) in [5, 5.41) is 9.03. The number of aromatic nitrogens is 2. The molecular formula is C16H26N4O+2. The number of benzene rings is 1. The first kappa shape index (κ1) is 14.5. The van der Waals surface area contributed by atoms with Gasteiger partial charge in [0.25, 0.3) is 0 Å². The summed E-state index contributed by atoms with van der Waals surface area (Å²) in [7, 11) is 0. The summed E-state index contributed by atoms with van der Waals surface area (Å²) in [5.41, 5.74) is 2.36. The molecule has 0 unspecified atom stereocenters. The van der Waals surface area contributed by atoms with Gasteiger partial charge in [-0.15, -0.1) is 0 Å². The van der Waals surface area contributed by atoms with Crippen LogP contribution >= 0.6 is 0 Å². The standard InChI is InChI=1S/C16H24N4O/c1-2-20-15-6-4-3-5-14(15)17-16(20)13-19-9-7-18(8-10-19)11-12-21/h3-6,21H,2,7-13H2,1H3/p+2. The lowest BCUT2D eigenvalue weighted by molar-refractivity contribution is -1.02. The molecule has 114 valence electrons. The van der Waals surface area contributed by atoms with Crippen LogP contribution in [0.3, 0.4) is 0 Å². The molecule has 0 bridgehead atoms. The van der Waals surface area contributed by atoms with Gasteiger partial charge in [0.1, 0.15) is 39.3 Å². The van der Waals surface area contributed by atoms with Crippen LogP contribution in [0.15, 0.2) is 24.3 Å². The number of nitrogens with zero attached hydrogens (tertiary/aromatic N) is 2. The van der Waals surface area contributed by atoms with Crippen molar-refractivity contribution in [3.8, 4) is 0 Å². The Morgan fingerprint density at radius 3 is 2.57 bits per heavy atom. The average Bonchev–Trinajstić information content (AvgIpc) is 2.86. The number of fused-ring (bicyclic) bond motifs is 1. The second-order valence-corrected chi connectivity index (χ2v) is 5.91. The summed E-state index contributed by atoms with van der Waals surface area (Å²) in [6, 6.07) is 8.41. The maximum absolute atomic E-state index is 9.03. The lowest BCUT2D eigenvalue weighted by Gasteiger charge is -2.29. The highest BCUT2D eigenvalue weighted by Gasteiger charge is 2.24. The van der Waals surface area contributed by atoms with Gasteiger partial charge in [-0.3, -0.25) is 0 Å². The minimum Gasteiger partial charge on any atom is -0.391 e. The molecule has 3 rings (SSSR count). The van der Waals surface area contributed by atoms with Crippen LogP contribution in [-0.2, 0) is 13.1 Å². The highest BCUT2D eigenvalue weighted by Crippen LogP contribution is 2.15. The van der Waals surface area contributed by atoms with Crippen molar-refractivity contribution in [2.75, 3.05) is 39.3 Å². The molecule has 0 aliphatic carbocycles. The molecule has 1 fully saturated rings. The van der Waals surface area contributed by atoms with E-state index >= 15 is 0 Å². The smallest absolute Gasteiger partial charge is 0.165 e. The van der Waals surface area contributed by atoms with Crippen molar-refractivity contribution in [2.24, 2.45) is 0 Å². The quantitative estimate of drug-likeness (QED) is 0.617. The van der Waals surface area contributed by atoms with Crippen LogP contribution in [0.5, 0.6) is 0 Å². The van der Waals surface area contributed by atoms with Gasteiger partial charge >= 0.3 is 0 Å². The molecule has 0 amide bonds. The molecule has 0 radical (unpaired) electrons. The van der Waals surface area contributed by atoms with E-state index in [0.717, 1.165) is 38.2 Å². The first-order chi connectivity index (χ1) is 10.3. The largest absolute Gasteiger partial charge is 0.391 e. The van der Waals surface area contributed by atoms with Gasteiger partial charge in [-0.2, -0.15) is 0 Å². The predicted molar refractivity (Wildman–Crippen MR) is 82.5 cm³/mol. The minimum absolute atomic E-state index is 0.302. The zero-order chi connectivity index (χ0) is 14.7. The van der Waals surface area contributed by atoms with Crippen LogP contribution in [-0.4, -0.2) is 54.0 Å². The molecule has 1 aromatic carbocycles. The molecule has 1 aliphatic rings. The number of rotatable bonds is 5. The molecule has 1 saturated heterocycles. The van der Waals surface area contributed by atoms with Gasteiger partial charge in [0.2, 0.25) is 0 Å². The van der Waals surface area contributed by atoms with Crippen LogP contribution in [0.1, 0.15) is 12.7 Å². The average molecular weight is 290 g/mol. The number of nitrogens with one attached hydrogen (secondary N) is 2. The molecule has 3 N–H and O–H groups in total. The molecule has 5 heteroatoms. The Labute approximate surface area is 125 Å². The Hall–Kier alpha value is -1.43. The van der Waals surface area contributed by atoms with Crippen molar-refractivity contribution >= 4 is 11.0 Å². The number of imidazole rings is 1. The molecule has 0 saturated carbocycles.